The van der Waals surface area contributed by atoms with Gasteiger partial charge in [-0.1, -0.05) is 0 Å². The number of amides is 1. The van der Waals surface area contributed by atoms with Crippen LogP contribution in [-0.4, -0.2) is 49.3 Å². The van der Waals surface area contributed by atoms with Gasteiger partial charge in [0.15, 0.2) is 5.82 Å². The van der Waals surface area contributed by atoms with E-state index in [9.17, 15) is 4.79 Å². The number of hydrogen-bond acceptors (Lipinski definition) is 7. The van der Waals surface area contributed by atoms with Crippen molar-refractivity contribution in [3.8, 4) is 0 Å². The Morgan fingerprint density at radius 2 is 2.15 bits per heavy atom. The Labute approximate surface area is 118 Å². The minimum Gasteiger partial charge on any atom is -0.384 e. The highest BCUT2D eigenvalue weighted by atomic mass is 16.5. The molecule has 0 spiro atoms. The molecule has 1 heterocycles. The maximum Gasteiger partial charge on any atom is 0.242 e. The molecule has 0 saturated heterocycles. The monoisotopic (exact) mass is 283 g/mol. The molecule has 1 unspecified atom stereocenters. The number of rotatable bonds is 8. The van der Waals surface area contributed by atoms with Crippen molar-refractivity contribution >= 4 is 17.5 Å². The molecule has 0 bridgehead atoms. The van der Waals surface area contributed by atoms with E-state index < -0.39 is 6.04 Å². The van der Waals surface area contributed by atoms with Crippen LogP contribution in [-0.2, 0) is 20.9 Å². The molecule has 1 atom stereocenters. The van der Waals surface area contributed by atoms with E-state index in [1.807, 2.05) is 0 Å². The minimum absolute atomic E-state index is 0.146. The molecule has 8 nitrogen and oxygen atoms in total. The normalized spacial score (nSPS) is 11.9. The minimum atomic E-state index is -0.448. The highest BCUT2D eigenvalue weighted by molar-refractivity contribution is 5.83. The van der Waals surface area contributed by atoms with E-state index in [0.29, 0.717) is 30.6 Å². The van der Waals surface area contributed by atoms with Crippen molar-refractivity contribution in [2.75, 3.05) is 38.4 Å². The number of anilines is 2. The van der Waals surface area contributed by atoms with Gasteiger partial charge in [-0.15, -0.1) is 0 Å². The van der Waals surface area contributed by atoms with Crippen molar-refractivity contribution in [3.63, 3.8) is 0 Å². The Balaban J connectivity index is 2.60. The molecule has 1 aromatic rings. The Morgan fingerprint density at radius 3 is 2.80 bits per heavy atom. The molecule has 0 aliphatic carbocycles. The van der Waals surface area contributed by atoms with Crippen LogP contribution in [0.2, 0.25) is 0 Å². The Morgan fingerprint density at radius 1 is 1.40 bits per heavy atom. The van der Waals surface area contributed by atoms with E-state index in [2.05, 4.69) is 20.6 Å². The average molecular weight is 283 g/mol. The zero-order chi connectivity index (χ0) is 15.0. The summed E-state index contributed by atoms with van der Waals surface area (Å²) in [6, 6.07) is 1.12. The van der Waals surface area contributed by atoms with Crippen LogP contribution in [0.25, 0.3) is 0 Å². The van der Waals surface area contributed by atoms with Crippen LogP contribution >= 0.6 is 0 Å². The number of aromatic nitrogens is 2. The van der Waals surface area contributed by atoms with Crippen LogP contribution in [0, 0.1) is 0 Å². The van der Waals surface area contributed by atoms with Gasteiger partial charge in [0, 0.05) is 26.8 Å². The smallest absolute Gasteiger partial charge is 0.242 e. The predicted molar refractivity (Wildman–Crippen MR) is 75.1 cm³/mol. The first kappa shape index (κ1) is 16.1. The lowest BCUT2D eigenvalue weighted by Gasteiger charge is -2.15. The summed E-state index contributed by atoms with van der Waals surface area (Å²) in [7, 11) is 3.13. The summed E-state index contributed by atoms with van der Waals surface area (Å²) in [6.45, 7) is 2.92. The number of carbonyl (C=O) groups excluding carboxylic acids is 1. The molecule has 1 amide bonds. The van der Waals surface area contributed by atoms with E-state index in [1.54, 1.807) is 27.2 Å². The van der Waals surface area contributed by atoms with Crippen molar-refractivity contribution in [2.45, 2.75) is 19.6 Å². The largest absolute Gasteiger partial charge is 0.384 e. The summed E-state index contributed by atoms with van der Waals surface area (Å²) >= 11 is 0. The Bertz CT molecular complexity index is 441. The first-order valence-electron chi connectivity index (χ1n) is 6.22. The first-order valence-corrected chi connectivity index (χ1v) is 6.22. The third kappa shape index (κ3) is 5.37. The SMILES string of the molecule is COCCNC(=O)C(C)Nc1cc(N)nc(COC)n1. The van der Waals surface area contributed by atoms with Crippen molar-refractivity contribution in [3.05, 3.63) is 11.9 Å². The van der Waals surface area contributed by atoms with Gasteiger partial charge in [0.1, 0.15) is 24.3 Å². The van der Waals surface area contributed by atoms with Crippen molar-refractivity contribution in [1.29, 1.82) is 0 Å². The summed E-state index contributed by atoms with van der Waals surface area (Å²) < 4.78 is 9.82. The molecule has 0 saturated carbocycles. The molecule has 0 aromatic carbocycles. The number of carbonyl (C=O) groups is 1. The molecule has 1 aromatic heterocycles. The van der Waals surface area contributed by atoms with E-state index in [0.717, 1.165) is 0 Å². The van der Waals surface area contributed by atoms with Crippen LogP contribution in [0.3, 0.4) is 0 Å². The van der Waals surface area contributed by atoms with E-state index in [4.69, 9.17) is 15.2 Å². The molecule has 0 aliphatic rings. The van der Waals surface area contributed by atoms with Crippen LogP contribution in [0.5, 0.6) is 0 Å². The summed E-state index contributed by atoms with van der Waals surface area (Å²) in [5.74, 6) is 1.12. The van der Waals surface area contributed by atoms with E-state index >= 15 is 0 Å². The molecular formula is C12H21N5O3. The van der Waals surface area contributed by atoms with E-state index in [1.165, 1.54) is 0 Å². The summed E-state index contributed by atoms with van der Waals surface area (Å²) in [4.78, 5) is 20.0. The fourth-order valence-electron chi connectivity index (χ4n) is 1.50. The second-order valence-electron chi connectivity index (χ2n) is 4.18. The molecule has 20 heavy (non-hydrogen) atoms. The van der Waals surface area contributed by atoms with Gasteiger partial charge in [-0.2, -0.15) is 0 Å². The van der Waals surface area contributed by atoms with Gasteiger partial charge >= 0.3 is 0 Å². The highest BCUT2D eigenvalue weighted by Crippen LogP contribution is 2.10. The number of methoxy groups -OCH3 is 2. The standard InChI is InChI=1S/C12H21N5O3/c1-8(12(18)14-4-5-19-2)15-10-6-9(13)16-11(17-10)7-20-3/h6,8H,4-5,7H2,1-3H3,(H,14,18)(H3,13,15,16,17). The maximum absolute atomic E-state index is 11.8. The van der Waals surface area contributed by atoms with Gasteiger partial charge in [0.25, 0.3) is 0 Å². The number of nitrogens with one attached hydrogen (secondary N) is 2. The lowest BCUT2D eigenvalue weighted by molar-refractivity contribution is -0.121. The Kier molecular flexibility index (Phi) is 6.68. The Hall–Kier alpha value is -1.93. The molecule has 1 rings (SSSR count). The van der Waals surface area contributed by atoms with Crippen LogP contribution in [0.1, 0.15) is 12.7 Å². The number of ether oxygens (including phenoxy) is 2. The molecule has 0 fully saturated rings. The fraction of sp³-hybridized carbons (Fsp3) is 0.583. The van der Waals surface area contributed by atoms with Crippen LogP contribution in [0.4, 0.5) is 11.6 Å². The van der Waals surface area contributed by atoms with Gasteiger partial charge in [0.05, 0.1) is 6.61 Å². The summed E-state index contributed by atoms with van der Waals surface area (Å²) in [5.41, 5.74) is 5.68. The molecule has 112 valence electrons. The molecule has 4 N–H and O–H groups in total. The van der Waals surface area contributed by atoms with Gasteiger partial charge < -0.3 is 25.8 Å². The zero-order valence-corrected chi connectivity index (χ0v) is 12.0. The quantitative estimate of drug-likeness (QED) is 0.565. The van der Waals surface area contributed by atoms with E-state index in [-0.39, 0.29) is 12.5 Å². The lowest BCUT2D eigenvalue weighted by Crippen LogP contribution is -2.39. The van der Waals surface area contributed by atoms with Gasteiger partial charge in [-0.25, -0.2) is 9.97 Å². The average Bonchev–Trinajstić information content (AvgIpc) is 2.38. The molecule has 8 heteroatoms. The third-order valence-corrected chi connectivity index (χ3v) is 2.43. The zero-order valence-electron chi connectivity index (χ0n) is 12.0. The maximum atomic E-state index is 11.8. The number of nitrogen functional groups attached to an aromatic ring is 1. The topological polar surface area (TPSA) is 111 Å². The second-order valence-corrected chi connectivity index (χ2v) is 4.18. The number of hydrogen-bond donors (Lipinski definition) is 3. The first-order chi connectivity index (χ1) is 9.56. The summed E-state index contributed by atoms with van der Waals surface area (Å²) in [5, 5.41) is 5.70. The molecule has 0 radical (unpaired) electrons. The highest BCUT2D eigenvalue weighted by Gasteiger charge is 2.13. The third-order valence-electron chi connectivity index (χ3n) is 2.43. The van der Waals surface area contributed by atoms with Gasteiger partial charge in [-0.3, -0.25) is 4.79 Å². The van der Waals surface area contributed by atoms with Crippen molar-refractivity contribution < 1.29 is 14.3 Å². The van der Waals surface area contributed by atoms with Crippen LogP contribution in [0.15, 0.2) is 6.07 Å². The van der Waals surface area contributed by atoms with Crippen LogP contribution < -0.4 is 16.4 Å². The lowest BCUT2D eigenvalue weighted by atomic mass is 10.3. The second kappa shape index (κ2) is 8.28. The number of nitrogens with zero attached hydrogens (tertiary/aromatic N) is 2. The predicted octanol–water partition coefficient (Wildman–Crippen LogP) is -0.232. The van der Waals surface area contributed by atoms with Gasteiger partial charge in [0.2, 0.25) is 5.91 Å². The van der Waals surface area contributed by atoms with Crippen molar-refractivity contribution in [2.24, 2.45) is 0 Å². The summed E-state index contributed by atoms with van der Waals surface area (Å²) in [6.07, 6.45) is 0. The number of nitrogens with two attached hydrogens (primary N) is 1. The van der Waals surface area contributed by atoms with Crippen molar-refractivity contribution in [1.82, 2.24) is 15.3 Å². The fourth-order valence-corrected chi connectivity index (χ4v) is 1.50. The van der Waals surface area contributed by atoms with Gasteiger partial charge in [-0.05, 0) is 6.92 Å². The molecular weight excluding hydrogens is 262 g/mol. The molecule has 0 aliphatic heterocycles.